The number of nitrogens with zero attached hydrogens (tertiary/aromatic N) is 2. The van der Waals surface area contributed by atoms with Crippen LogP contribution >= 0.6 is 12.4 Å². The lowest BCUT2D eigenvalue weighted by molar-refractivity contribution is 0.0688. The van der Waals surface area contributed by atoms with Gasteiger partial charge in [0.05, 0.1) is 12.2 Å². The Balaban J connectivity index is 0.00000161. The molecular formula is C14H15ClFN3O2. The molecule has 1 aromatic heterocycles. The number of rotatable bonds is 3. The molecule has 0 aliphatic carbocycles. The van der Waals surface area contributed by atoms with Gasteiger partial charge in [0.25, 0.3) is 0 Å². The van der Waals surface area contributed by atoms with E-state index >= 15 is 0 Å². The summed E-state index contributed by atoms with van der Waals surface area (Å²) in [6.07, 6.45) is 0.667. The summed E-state index contributed by atoms with van der Waals surface area (Å²) < 4.78 is 14.6. The molecular weight excluding hydrogens is 297 g/mol. The molecule has 2 heterocycles. The van der Waals surface area contributed by atoms with Crippen molar-refractivity contribution in [2.24, 2.45) is 0 Å². The van der Waals surface area contributed by atoms with Gasteiger partial charge in [0, 0.05) is 12.1 Å². The Hall–Kier alpha value is -1.92. The van der Waals surface area contributed by atoms with Gasteiger partial charge >= 0.3 is 5.97 Å². The Bertz CT molecular complexity index is 655. The Morgan fingerprint density at radius 1 is 1.38 bits per heavy atom. The molecule has 0 atom stereocenters. The fourth-order valence-electron chi connectivity index (χ4n) is 2.48. The van der Waals surface area contributed by atoms with Crippen molar-refractivity contribution >= 4 is 18.4 Å². The lowest BCUT2D eigenvalue weighted by Gasteiger charge is -2.15. The quantitative estimate of drug-likeness (QED) is 0.907. The van der Waals surface area contributed by atoms with Crippen molar-refractivity contribution in [1.82, 2.24) is 15.1 Å². The Kier molecular flexibility index (Phi) is 4.59. The first kappa shape index (κ1) is 15.5. The highest BCUT2D eigenvalue weighted by molar-refractivity contribution is 5.87. The number of aromatic carboxylic acids is 1. The summed E-state index contributed by atoms with van der Waals surface area (Å²) in [4.78, 5) is 11.2. The van der Waals surface area contributed by atoms with Crippen LogP contribution in [0.5, 0.6) is 0 Å². The lowest BCUT2D eigenvalue weighted by atomic mass is 10.1. The number of halogens is 2. The molecule has 0 unspecified atom stereocenters. The summed E-state index contributed by atoms with van der Waals surface area (Å²) in [5, 5.41) is 16.6. The van der Waals surface area contributed by atoms with Crippen molar-refractivity contribution in [3.05, 3.63) is 52.6 Å². The summed E-state index contributed by atoms with van der Waals surface area (Å²) in [6.45, 7) is 1.81. The Morgan fingerprint density at radius 3 is 2.76 bits per heavy atom. The van der Waals surface area contributed by atoms with E-state index in [1.54, 1.807) is 16.8 Å². The summed E-state index contributed by atoms with van der Waals surface area (Å²) in [5.74, 6) is -1.29. The molecule has 5 nitrogen and oxygen atoms in total. The monoisotopic (exact) mass is 311 g/mol. The van der Waals surface area contributed by atoms with Gasteiger partial charge in [-0.2, -0.15) is 5.10 Å². The van der Waals surface area contributed by atoms with Crippen molar-refractivity contribution in [3.8, 4) is 0 Å². The normalized spacial score (nSPS) is 13.4. The third-order valence-corrected chi connectivity index (χ3v) is 3.46. The second-order valence-electron chi connectivity index (χ2n) is 4.79. The maximum Gasteiger partial charge on any atom is 0.356 e. The minimum atomic E-state index is -0.999. The highest BCUT2D eigenvalue weighted by Gasteiger charge is 2.24. The molecule has 0 spiro atoms. The van der Waals surface area contributed by atoms with Crippen LogP contribution in [0.4, 0.5) is 4.39 Å². The predicted octanol–water partition coefficient (Wildman–Crippen LogP) is 1.84. The van der Waals surface area contributed by atoms with E-state index in [2.05, 4.69) is 10.4 Å². The highest BCUT2D eigenvalue weighted by Crippen LogP contribution is 2.19. The zero-order valence-electron chi connectivity index (χ0n) is 11.2. The zero-order chi connectivity index (χ0) is 14.1. The molecule has 0 saturated carbocycles. The van der Waals surface area contributed by atoms with Gasteiger partial charge < -0.3 is 10.4 Å². The standard InChI is InChI=1S/C14H14FN3O2.ClH/c15-10-3-1-9(2-4-10)8-18-12-7-16-6-5-11(12)13(17-18)14(19)20;/h1-4,16H,5-8H2,(H,19,20);1H. The number of carbonyl (C=O) groups is 1. The van der Waals surface area contributed by atoms with E-state index in [0.717, 1.165) is 23.4 Å². The molecule has 0 bridgehead atoms. The van der Waals surface area contributed by atoms with E-state index in [1.807, 2.05) is 0 Å². The van der Waals surface area contributed by atoms with Crippen molar-refractivity contribution in [2.45, 2.75) is 19.5 Å². The van der Waals surface area contributed by atoms with Crippen LogP contribution in [0.3, 0.4) is 0 Å². The van der Waals surface area contributed by atoms with Crippen LogP contribution in [0.15, 0.2) is 24.3 Å². The molecule has 7 heteroatoms. The van der Waals surface area contributed by atoms with E-state index in [4.69, 9.17) is 0 Å². The number of nitrogens with one attached hydrogen (secondary N) is 1. The molecule has 2 N–H and O–H groups in total. The average Bonchev–Trinajstić information content (AvgIpc) is 2.81. The number of carboxylic acid groups (broad SMARTS) is 1. The van der Waals surface area contributed by atoms with Gasteiger partial charge in [0.15, 0.2) is 5.69 Å². The molecule has 2 aromatic rings. The summed E-state index contributed by atoms with van der Waals surface area (Å²) >= 11 is 0. The Morgan fingerprint density at radius 2 is 2.10 bits per heavy atom. The molecule has 0 saturated heterocycles. The fourth-order valence-corrected chi connectivity index (χ4v) is 2.48. The van der Waals surface area contributed by atoms with Crippen molar-refractivity contribution in [3.63, 3.8) is 0 Å². The minimum absolute atomic E-state index is 0. The molecule has 0 amide bonds. The highest BCUT2D eigenvalue weighted by atomic mass is 35.5. The second kappa shape index (κ2) is 6.24. The maximum absolute atomic E-state index is 12.9. The van der Waals surface area contributed by atoms with Crippen LogP contribution in [0.25, 0.3) is 0 Å². The lowest BCUT2D eigenvalue weighted by Crippen LogP contribution is -2.26. The van der Waals surface area contributed by atoms with Crippen molar-refractivity contribution in [1.29, 1.82) is 0 Å². The molecule has 0 fully saturated rings. The molecule has 21 heavy (non-hydrogen) atoms. The third kappa shape index (κ3) is 3.06. The van der Waals surface area contributed by atoms with Gasteiger partial charge in [-0.1, -0.05) is 12.1 Å². The van der Waals surface area contributed by atoms with Crippen LogP contribution in [-0.2, 0) is 19.5 Å². The van der Waals surface area contributed by atoms with Crippen LogP contribution < -0.4 is 5.32 Å². The summed E-state index contributed by atoms with van der Waals surface area (Å²) in [5.41, 5.74) is 2.72. The van der Waals surface area contributed by atoms with Gasteiger partial charge in [-0.05, 0) is 30.7 Å². The number of hydrogen-bond acceptors (Lipinski definition) is 3. The maximum atomic E-state index is 12.9. The molecule has 3 rings (SSSR count). The van der Waals surface area contributed by atoms with Gasteiger partial charge in [0.2, 0.25) is 0 Å². The molecule has 0 radical (unpaired) electrons. The smallest absolute Gasteiger partial charge is 0.356 e. The van der Waals surface area contributed by atoms with E-state index in [1.165, 1.54) is 12.1 Å². The zero-order valence-corrected chi connectivity index (χ0v) is 12.0. The molecule has 1 aromatic carbocycles. The Labute approximate surface area is 127 Å². The number of carboxylic acids is 1. The molecule has 112 valence electrons. The van der Waals surface area contributed by atoms with E-state index < -0.39 is 5.97 Å². The average molecular weight is 312 g/mol. The van der Waals surface area contributed by atoms with Gasteiger partial charge in [-0.25, -0.2) is 9.18 Å². The van der Waals surface area contributed by atoms with Gasteiger partial charge in [0.1, 0.15) is 5.82 Å². The first-order valence-corrected chi connectivity index (χ1v) is 6.42. The fraction of sp³-hybridized carbons (Fsp3) is 0.286. The van der Waals surface area contributed by atoms with Crippen LogP contribution in [0.2, 0.25) is 0 Å². The van der Waals surface area contributed by atoms with E-state index in [-0.39, 0.29) is 23.9 Å². The van der Waals surface area contributed by atoms with Crippen LogP contribution in [0, 0.1) is 5.82 Å². The number of aromatic nitrogens is 2. The molecule has 1 aliphatic heterocycles. The summed E-state index contributed by atoms with van der Waals surface area (Å²) in [6, 6.07) is 6.14. The topological polar surface area (TPSA) is 67.1 Å². The van der Waals surface area contributed by atoms with Crippen molar-refractivity contribution < 1.29 is 14.3 Å². The SMILES string of the molecule is Cl.O=C(O)c1nn(Cc2ccc(F)cc2)c2c1CCNC2. The van der Waals surface area contributed by atoms with Crippen LogP contribution in [0.1, 0.15) is 27.3 Å². The first-order valence-electron chi connectivity index (χ1n) is 6.42. The number of fused-ring (bicyclic) bond motifs is 1. The second-order valence-corrected chi connectivity index (χ2v) is 4.79. The van der Waals surface area contributed by atoms with E-state index in [0.29, 0.717) is 19.5 Å². The van der Waals surface area contributed by atoms with Gasteiger partial charge in [-0.15, -0.1) is 12.4 Å². The minimum Gasteiger partial charge on any atom is -0.476 e. The van der Waals surface area contributed by atoms with Crippen LogP contribution in [-0.4, -0.2) is 27.4 Å². The van der Waals surface area contributed by atoms with E-state index in [9.17, 15) is 14.3 Å². The largest absolute Gasteiger partial charge is 0.476 e. The third-order valence-electron chi connectivity index (χ3n) is 3.46. The predicted molar refractivity (Wildman–Crippen MR) is 77.3 cm³/mol. The molecule has 1 aliphatic rings. The summed E-state index contributed by atoms with van der Waals surface area (Å²) in [7, 11) is 0. The number of hydrogen-bond donors (Lipinski definition) is 2. The first-order chi connectivity index (χ1) is 9.65. The number of benzene rings is 1. The van der Waals surface area contributed by atoms with Gasteiger partial charge in [-0.3, -0.25) is 4.68 Å². The van der Waals surface area contributed by atoms with Crippen molar-refractivity contribution in [2.75, 3.05) is 6.54 Å².